The van der Waals surface area contributed by atoms with Crippen molar-refractivity contribution in [2.24, 2.45) is 0 Å². The van der Waals surface area contributed by atoms with Crippen LogP contribution in [0.2, 0.25) is 0 Å². The lowest BCUT2D eigenvalue weighted by Gasteiger charge is -2.11. The van der Waals surface area contributed by atoms with Gasteiger partial charge in [0.1, 0.15) is 5.75 Å². The molecule has 0 spiro atoms. The van der Waals surface area contributed by atoms with Crippen LogP contribution >= 0.6 is 0 Å². The average molecular weight is 334 g/mol. The number of hydrogen-bond donors (Lipinski definition) is 0. The van der Waals surface area contributed by atoms with Gasteiger partial charge in [-0.2, -0.15) is 18.4 Å². The summed E-state index contributed by atoms with van der Waals surface area (Å²) >= 11 is 0. The quantitative estimate of drug-likeness (QED) is 0.686. The molecule has 0 saturated heterocycles. The summed E-state index contributed by atoms with van der Waals surface area (Å²) in [6, 6.07) is 10.7. The number of unbranched alkanes of at least 4 members (excludes halogenated alkanes) is 2. The first-order chi connectivity index (χ1) is 11.5. The highest BCUT2D eigenvalue weighted by Gasteiger charge is 2.34. The van der Waals surface area contributed by atoms with Gasteiger partial charge in [0.15, 0.2) is 0 Å². The Morgan fingerprint density at radius 1 is 1.08 bits per heavy atom. The molecule has 0 N–H and O–H groups in total. The molecule has 0 atom stereocenters. The van der Waals surface area contributed by atoms with Crippen LogP contribution in [0.15, 0.2) is 42.6 Å². The second-order valence-corrected chi connectivity index (χ2v) is 5.30. The van der Waals surface area contributed by atoms with Crippen molar-refractivity contribution in [1.29, 1.82) is 5.26 Å². The Kier molecular flexibility index (Phi) is 6.19. The number of aromatic nitrogens is 1. The lowest BCUT2D eigenvalue weighted by molar-refractivity contribution is -0.137. The molecular weight excluding hydrogens is 317 g/mol. The van der Waals surface area contributed by atoms with Crippen molar-refractivity contribution in [3.8, 4) is 11.8 Å². The van der Waals surface area contributed by atoms with E-state index < -0.39 is 17.3 Å². The number of aryl methyl sites for hydroxylation is 1. The van der Waals surface area contributed by atoms with Crippen LogP contribution in [0.5, 0.6) is 5.75 Å². The maximum atomic E-state index is 12.9. The fourth-order valence-electron chi connectivity index (χ4n) is 2.27. The van der Waals surface area contributed by atoms with Crippen LogP contribution < -0.4 is 4.74 Å². The van der Waals surface area contributed by atoms with Crippen LogP contribution in [0, 0.1) is 11.3 Å². The van der Waals surface area contributed by atoms with Gasteiger partial charge in [-0.3, -0.25) is 4.98 Å². The zero-order chi connectivity index (χ0) is 17.4. The molecule has 0 aliphatic heterocycles. The van der Waals surface area contributed by atoms with E-state index in [1.165, 1.54) is 6.07 Å². The predicted octanol–water partition coefficient (Wildman–Crippen LogP) is 4.76. The smallest absolute Gasteiger partial charge is 0.417 e. The largest absolute Gasteiger partial charge is 0.494 e. The van der Waals surface area contributed by atoms with Gasteiger partial charge in [-0.15, -0.1) is 0 Å². The van der Waals surface area contributed by atoms with Crippen molar-refractivity contribution in [2.75, 3.05) is 6.61 Å². The van der Waals surface area contributed by atoms with E-state index in [1.54, 1.807) is 12.3 Å². The van der Waals surface area contributed by atoms with Crippen LogP contribution in [0.4, 0.5) is 13.2 Å². The number of alkyl halides is 3. The zero-order valence-corrected chi connectivity index (χ0v) is 13.0. The molecule has 0 aliphatic carbocycles. The lowest BCUT2D eigenvalue weighted by atomic mass is 10.1. The first-order valence-corrected chi connectivity index (χ1v) is 7.65. The highest BCUT2D eigenvalue weighted by Crippen LogP contribution is 2.34. The van der Waals surface area contributed by atoms with E-state index in [4.69, 9.17) is 10.00 Å². The molecule has 1 heterocycles. The molecule has 2 aromatic rings. The molecule has 0 fully saturated rings. The average Bonchev–Trinajstić information content (AvgIpc) is 2.58. The van der Waals surface area contributed by atoms with Crippen LogP contribution in [0.3, 0.4) is 0 Å². The Labute approximate surface area is 138 Å². The molecule has 126 valence electrons. The number of halogens is 3. The van der Waals surface area contributed by atoms with Crippen LogP contribution in [0.25, 0.3) is 0 Å². The van der Waals surface area contributed by atoms with Crippen molar-refractivity contribution < 1.29 is 17.9 Å². The number of benzene rings is 1. The zero-order valence-electron chi connectivity index (χ0n) is 13.0. The first kappa shape index (κ1) is 17.8. The number of hydrogen-bond acceptors (Lipinski definition) is 3. The van der Waals surface area contributed by atoms with E-state index >= 15 is 0 Å². The third kappa shape index (κ3) is 5.27. The fraction of sp³-hybridized carbons (Fsp3) is 0.333. The van der Waals surface area contributed by atoms with Gasteiger partial charge in [0, 0.05) is 11.9 Å². The summed E-state index contributed by atoms with van der Waals surface area (Å²) in [4.78, 5) is 4.23. The van der Waals surface area contributed by atoms with Crippen molar-refractivity contribution >= 4 is 0 Å². The molecule has 1 aromatic heterocycles. The fourth-order valence-corrected chi connectivity index (χ4v) is 2.27. The molecule has 24 heavy (non-hydrogen) atoms. The Morgan fingerprint density at radius 3 is 2.58 bits per heavy atom. The summed E-state index contributed by atoms with van der Waals surface area (Å²) < 4.78 is 43.9. The molecule has 6 heteroatoms. The second-order valence-electron chi connectivity index (χ2n) is 5.30. The van der Waals surface area contributed by atoms with E-state index in [2.05, 4.69) is 4.98 Å². The van der Waals surface area contributed by atoms with Gasteiger partial charge >= 0.3 is 6.18 Å². The molecule has 0 amide bonds. The molecule has 3 nitrogen and oxygen atoms in total. The third-order valence-electron chi connectivity index (χ3n) is 3.49. The number of pyridine rings is 1. The standard InChI is InChI=1S/C18H17F3N2O/c19-18(20,21)17-12-16(9-8-14(17)13-22)24-11-5-1-2-6-15-7-3-4-10-23-15/h3-4,7-10,12H,1-2,5-6,11H2. The minimum atomic E-state index is -4.56. The summed E-state index contributed by atoms with van der Waals surface area (Å²) in [5, 5.41) is 8.74. The molecule has 2 rings (SSSR count). The number of nitriles is 1. The van der Waals surface area contributed by atoms with Gasteiger partial charge in [0.05, 0.1) is 23.8 Å². The number of rotatable bonds is 7. The Balaban J connectivity index is 1.77. The molecule has 1 aromatic carbocycles. The summed E-state index contributed by atoms with van der Waals surface area (Å²) in [7, 11) is 0. The lowest BCUT2D eigenvalue weighted by Crippen LogP contribution is -2.08. The summed E-state index contributed by atoms with van der Waals surface area (Å²) in [5.41, 5.74) is -0.330. The molecular formula is C18H17F3N2O. The van der Waals surface area contributed by atoms with Crippen molar-refractivity contribution in [1.82, 2.24) is 4.98 Å². The SMILES string of the molecule is N#Cc1ccc(OCCCCCc2ccccn2)cc1C(F)(F)F. The van der Waals surface area contributed by atoms with Crippen molar-refractivity contribution in [2.45, 2.75) is 31.9 Å². The summed E-state index contributed by atoms with van der Waals surface area (Å²) in [6.07, 6.45) is 0.652. The van der Waals surface area contributed by atoms with E-state index in [1.807, 2.05) is 18.2 Å². The van der Waals surface area contributed by atoms with E-state index in [-0.39, 0.29) is 5.75 Å². The Hall–Kier alpha value is -2.55. The van der Waals surface area contributed by atoms with Gasteiger partial charge < -0.3 is 4.74 Å². The third-order valence-corrected chi connectivity index (χ3v) is 3.49. The monoisotopic (exact) mass is 334 g/mol. The Morgan fingerprint density at radius 2 is 1.92 bits per heavy atom. The molecule has 0 unspecified atom stereocenters. The van der Waals surface area contributed by atoms with Gasteiger partial charge in [-0.05, 0) is 56.0 Å². The number of nitrogens with zero attached hydrogens (tertiary/aromatic N) is 2. The minimum Gasteiger partial charge on any atom is -0.494 e. The van der Waals surface area contributed by atoms with E-state index in [0.29, 0.717) is 6.61 Å². The van der Waals surface area contributed by atoms with E-state index in [9.17, 15) is 13.2 Å². The van der Waals surface area contributed by atoms with Gasteiger partial charge in [-0.25, -0.2) is 0 Å². The maximum absolute atomic E-state index is 12.9. The van der Waals surface area contributed by atoms with Gasteiger partial charge in [-0.1, -0.05) is 6.07 Å². The summed E-state index contributed by atoms with van der Waals surface area (Å²) in [6.45, 7) is 0.339. The van der Waals surface area contributed by atoms with E-state index in [0.717, 1.165) is 43.5 Å². The molecule has 0 saturated carbocycles. The molecule has 0 aliphatic rings. The van der Waals surface area contributed by atoms with Crippen LogP contribution in [-0.4, -0.2) is 11.6 Å². The van der Waals surface area contributed by atoms with Gasteiger partial charge in [0.25, 0.3) is 0 Å². The summed E-state index contributed by atoms with van der Waals surface area (Å²) in [5.74, 6) is 0.131. The normalized spacial score (nSPS) is 11.1. The highest BCUT2D eigenvalue weighted by atomic mass is 19.4. The van der Waals surface area contributed by atoms with Crippen molar-refractivity contribution in [3.05, 3.63) is 59.4 Å². The van der Waals surface area contributed by atoms with Crippen LogP contribution in [-0.2, 0) is 12.6 Å². The Bertz CT molecular complexity index is 694. The van der Waals surface area contributed by atoms with Crippen LogP contribution in [0.1, 0.15) is 36.1 Å². The highest BCUT2D eigenvalue weighted by molar-refractivity contribution is 5.44. The van der Waals surface area contributed by atoms with Crippen molar-refractivity contribution in [3.63, 3.8) is 0 Å². The minimum absolute atomic E-state index is 0.131. The second kappa shape index (κ2) is 8.34. The topological polar surface area (TPSA) is 45.9 Å². The molecule has 0 radical (unpaired) electrons. The van der Waals surface area contributed by atoms with Gasteiger partial charge in [0.2, 0.25) is 0 Å². The molecule has 0 bridgehead atoms. The maximum Gasteiger partial charge on any atom is 0.417 e. The first-order valence-electron chi connectivity index (χ1n) is 7.65. The number of ether oxygens (including phenoxy) is 1. The predicted molar refractivity (Wildman–Crippen MR) is 83.4 cm³/mol.